The van der Waals surface area contributed by atoms with Gasteiger partial charge in [-0.2, -0.15) is 4.31 Å². The highest BCUT2D eigenvalue weighted by molar-refractivity contribution is 7.89. The van der Waals surface area contributed by atoms with Crippen LogP contribution in [0.15, 0.2) is 52.7 Å². The summed E-state index contributed by atoms with van der Waals surface area (Å²) in [6.45, 7) is 0.221. The monoisotopic (exact) mass is 537 g/mol. The first kappa shape index (κ1) is 25.2. The van der Waals surface area contributed by atoms with Crippen LogP contribution in [0.2, 0.25) is 5.02 Å². The van der Waals surface area contributed by atoms with Gasteiger partial charge < -0.3 is 4.74 Å². The van der Waals surface area contributed by atoms with Crippen molar-refractivity contribution in [3.05, 3.63) is 64.2 Å². The number of aromatic nitrogens is 1. The van der Waals surface area contributed by atoms with E-state index in [1.54, 1.807) is 17.5 Å². The van der Waals surface area contributed by atoms with Crippen LogP contribution >= 0.6 is 22.9 Å². The van der Waals surface area contributed by atoms with Crippen LogP contribution in [0.4, 0.5) is 9.52 Å². The molecule has 0 radical (unpaired) electrons. The van der Waals surface area contributed by atoms with E-state index in [1.165, 1.54) is 34.6 Å². The number of carbonyl (C=O) groups is 2. The minimum Gasteiger partial charge on any atom is -0.452 e. The molecule has 1 aliphatic heterocycles. The Balaban J connectivity index is 1.38. The normalized spacial score (nSPS) is 14.5. The third-order valence-corrected chi connectivity index (χ3v) is 8.32. The Morgan fingerprint density at radius 3 is 2.54 bits per heavy atom. The molecule has 0 bridgehead atoms. The molecule has 0 saturated carbocycles. The summed E-state index contributed by atoms with van der Waals surface area (Å²) in [6.07, 6.45) is 2.53. The van der Waals surface area contributed by atoms with Gasteiger partial charge in [0.25, 0.3) is 5.91 Å². The molecule has 2 heterocycles. The first-order chi connectivity index (χ1) is 16.7. The maximum Gasteiger partial charge on any atom is 0.340 e. The Morgan fingerprint density at radius 1 is 1.11 bits per heavy atom. The highest BCUT2D eigenvalue weighted by atomic mass is 35.5. The lowest BCUT2D eigenvalue weighted by Crippen LogP contribution is -2.35. The van der Waals surface area contributed by atoms with Gasteiger partial charge in [0, 0.05) is 24.0 Å². The quantitative estimate of drug-likeness (QED) is 0.442. The molecule has 0 atom stereocenters. The maximum atomic E-state index is 13.1. The van der Waals surface area contributed by atoms with Crippen molar-refractivity contribution < 1.29 is 27.1 Å². The summed E-state index contributed by atoms with van der Waals surface area (Å²) in [6, 6.07) is 9.59. The summed E-state index contributed by atoms with van der Waals surface area (Å²) in [7, 11) is -3.77. The first-order valence-electron chi connectivity index (χ1n) is 10.7. The second-order valence-corrected chi connectivity index (χ2v) is 11.0. The van der Waals surface area contributed by atoms with Crippen LogP contribution < -0.4 is 5.32 Å². The lowest BCUT2D eigenvalue weighted by Gasteiger charge is -2.26. The van der Waals surface area contributed by atoms with Gasteiger partial charge in [-0.25, -0.2) is 22.6 Å². The lowest BCUT2D eigenvalue weighted by atomic mass is 10.2. The summed E-state index contributed by atoms with van der Waals surface area (Å²) in [5.41, 5.74) is 1.09. The van der Waals surface area contributed by atoms with Crippen LogP contribution in [0.1, 0.15) is 29.6 Å². The van der Waals surface area contributed by atoms with Gasteiger partial charge in [0.05, 0.1) is 21.2 Å². The Kier molecular flexibility index (Phi) is 7.80. The fourth-order valence-electron chi connectivity index (χ4n) is 3.52. The number of hydrogen-bond acceptors (Lipinski definition) is 7. The molecule has 8 nitrogen and oxygen atoms in total. The molecule has 2 aromatic carbocycles. The van der Waals surface area contributed by atoms with E-state index in [9.17, 15) is 22.4 Å². The summed E-state index contributed by atoms with van der Waals surface area (Å²) >= 11 is 7.26. The van der Waals surface area contributed by atoms with Crippen LogP contribution in [0, 0.1) is 5.82 Å². The number of rotatable bonds is 7. The number of sulfonamides is 1. The predicted octanol–water partition coefficient (Wildman–Crippen LogP) is 4.57. The van der Waals surface area contributed by atoms with Gasteiger partial charge in [0.1, 0.15) is 5.82 Å². The molecule has 184 valence electrons. The third-order valence-electron chi connectivity index (χ3n) is 5.34. The molecule has 0 unspecified atom stereocenters. The molecule has 0 spiro atoms. The number of ether oxygens (including phenoxy) is 1. The fourth-order valence-corrected chi connectivity index (χ4v) is 6.00. The Morgan fingerprint density at radius 2 is 1.83 bits per heavy atom. The minimum atomic E-state index is -3.77. The van der Waals surface area contributed by atoms with Crippen molar-refractivity contribution in [1.29, 1.82) is 0 Å². The van der Waals surface area contributed by atoms with E-state index in [1.807, 2.05) is 0 Å². The summed E-state index contributed by atoms with van der Waals surface area (Å²) < 4.78 is 45.3. The van der Waals surface area contributed by atoms with Gasteiger partial charge in [-0.05, 0) is 55.3 Å². The van der Waals surface area contributed by atoms with Gasteiger partial charge in [-0.3, -0.25) is 10.1 Å². The molecule has 0 aliphatic carbocycles. The number of anilines is 1. The number of esters is 1. The topological polar surface area (TPSA) is 106 Å². The van der Waals surface area contributed by atoms with Crippen molar-refractivity contribution in [2.45, 2.75) is 24.2 Å². The van der Waals surface area contributed by atoms with E-state index in [2.05, 4.69) is 10.3 Å². The van der Waals surface area contributed by atoms with Crippen LogP contribution in [-0.2, 0) is 19.6 Å². The SMILES string of the molecule is O=C(COC(=O)c1cc(S(=O)(=O)N2CCCCC2)ccc1Cl)Nc1nc(-c2ccc(F)cc2)cs1. The molecule has 1 saturated heterocycles. The minimum absolute atomic E-state index is 0.0110. The number of nitrogens with one attached hydrogen (secondary N) is 1. The maximum absolute atomic E-state index is 13.1. The van der Waals surface area contributed by atoms with Gasteiger partial charge in [-0.1, -0.05) is 18.0 Å². The van der Waals surface area contributed by atoms with Crippen LogP contribution in [0.3, 0.4) is 0 Å². The number of piperidine rings is 1. The zero-order chi connectivity index (χ0) is 25.0. The second-order valence-electron chi connectivity index (χ2n) is 7.78. The van der Waals surface area contributed by atoms with Crippen molar-refractivity contribution in [3.63, 3.8) is 0 Å². The van der Waals surface area contributed by atoms with Gasteiger partial charge in [0.15, 0.2) is 11.7 Å². The number of thiazole rings is 1. The smallest absolute Gasteiger partial charge is 0.340 e. The second kappa shape index (κ2) is 10.8. The molecule has 4 rings (SSSR count). The number of amides is 1. The van der Waals surface area contributed by atoms with Gasteiger partial charge >= 0.3 is 5.97 Å². The highest BCUT2D eigenvalue weighted by Gasteiger charge is 2.27. The molecule has 1 amide bonds. The van der Waals surface area contributed by atoms with Crippen molar-refractivity contribution in [1.82, 2.24) is 9.29 Å². The average Bonchev–Trinajstić information content (AvgIpc) is 3.32. The van der Waals surface area contributed by atoms with E-state index < -0.39 is 28.5 Å². The van der Waals surface area contributed by atoms with E-state index in [-0.39, 0.29) is 26.4 Å². The molecular weight excluding hydrogens is 517 g/mol. The largest absolute Gasteiger partial charge is 0.452 e. The molecule has 1 fully saturated rings. The van der Waals surface area contributed by atoms with Crippen molar-refractivity contribution in [3.8, 4) is 11.3 Å². The summed E-state index contributed by atoms with van der Waals surface area (Å²) in [4.78, 5) is 29.0. The van der Waals surface area contributed by atoms with Crippen molar-refractivity contribution >= 4 is 50.0 Å². The molecule has 3 aromatic rings. The van der Waals surface area contributed by atoms with Crippen molar-refractivity contribution in [2.75, 3.05) is 25.0 Å². The van der Waals surface area contributed by atoms with Crippen LogP contribution in [0.25, 0.3) is 11.3 Å². The number of hydrogen-bond donors (Lipinski definition) is 1. The summed E-state index contributed by atoms with van der Waals surface area (Å²) in [5.74, 6) is -1.92. The zero-order valence-electron chi connectivity index (χ0n) is 18.4. The predicted molar refractivity (Wildman–Crippen MR) is 130 cm³/mol. The number of nitrogens with zero attached hydrogens (tertiary/aromatic N) is 2. The Labute approximate surface area is 210 Å². The Bertz CT molecular complexity index is 1340. The van der Waals surface area contributed by atoms with E-state index >= 15 is 0 Å². The van der Waals surface area contributed by atoms with Crippen LogP contribution in [0.5, 0.6) is 0 Å². The molecule has 1 aromatic heterocycles. The van der Waals surface area contributed by atoms with E-state index in [4.69, 9.17) is 16.3 Å². The van der Waals surface area contributed by atoms with Crippen molar-refractivity contribution in [2.24, 2.45) is 0 Å². The van der Waals surface area contributed by atoms with Gasteiger partial charge in [0.2, 0.25) is 10.0 Å². The standard InChI is InChI=1S/C23H21ClFN3O5S2/c24-19-9-8-17(35(31,32)28-10-2-1-3-11-28)12-18(19)22(30)33-13-21(29)27-23-26-20(14-34-23)15-4-6-16(25)7-5-15/h4-9,12,14H,1-3,10-11,13H2,(H,26,27,29). The fraction of sp³-hybridized carbons (Fsp3) is 0.261. The number of halogens is 2. The Hall–Kier alpha value is -2.86. The third kappa shape index (κ3) is 6.04. The van der Waals surface area contributed by atoms with E-state index in [0.717, 1.165) is 30.6 Å². The molecule has 35 heavy (non-hydrogen) atoms. The zero-order valence-corrected chi connectivity index (χ0v) is 20.8. The molecular formula is C23H21ClFN3O5S2. The van der Waals surface area contributed by atoms with Gasteiger partial charge in [-0.15, -0.1) is 11.3 Å². The molecule has 12 heteroatoms. The molecule has 1 N–H and O–H groups in total. The molecule has 1 aliphatic rings. The number of carbonyl (C=O) groups excluding carboxylic acids is 2. The summed E-state index contributed by atoms with van der Waals surface area (Å²) in [5, 5.41) is 4.51. The lowest BCUT2D eigenvalue weighted by molar-refractivity contribution is -0.119. The van der Waals surface area contributed by atoms with Crippen LogP contribution in [-0.4, -0.2) is 49.3 Å². The van der Waals surface area contributed by atoms with E-state index in [0.29, 0.717) is 24.3 Å². The highest BCUT2D eigenvalue weighted by Crippen LogP contribution is 2.27. The number of benzene rings is 2. The average molecular weight is 538 g/mol. The first-order valence-corrected chi connectivity index (χ1v) is 13.4.